The quantitative estimate of drug-likeness (QED) is 0.811. The number of carbonyl (C=O) groups excluding carboxylic acids is 1. The molecule has 1 atom stereocenters. The zero-order chi connectivity index (χ0) is 12.8. The van der Waals surface area contributed by atoms with Crippen molar-refractivity contribution in [3.63, 3.8) is 0 Å². The molecule has 0 aliphatic carbocycles. The molecule has 1 aromatic rings. The third kappa shape index (κ3) is 4.56. The molecule has 0 spiro atoms. The summed E-state index contributed by atoms with van der Waals surface area (Å²) < 4.78 is 0. The van der Waals surface area contributed by atoms with E-state index in [0.717, 1.165) is 0 Å². The smallest absolute Gasteiger partial charge is 0.320 e. The Morgan fingerprint density at radius 3 is 2.47 bits per heavy atom. The van der Waals surface area contributed by atoms with E-state index in [-0.39, 0.29) is 12.1 Å². The molecular formula is C12H12Cl2N2O. The molecule has 0 bridgehead atoms. The number of amides is 2. The van der Waals surface area contributed by atoms with Crippen LogP contribution in [0, 0.1) is 12.3 Å². The van der Waals surface area contributed by atoms with E-state index in [4.69, 9.17) is 29.6 Å². The first-order chi connectivity index (χ1) is 8.05. The number of urea groups is 1. The molecule has 0 aromatic heterocycles. The first-order valence-corrected chi connectivity index (χ1v) is 5.80. The Balaban J connectivity index is 2.65. The Labute approximate surface area is 110 Å². The van der Waals surface area contributed by atoms with Crippen molar-refractivity contribution in [2.45, 2.75) is 19.4 Å². The van der Waals surface area contributed by atoms with Crippen molar-refractivity contribution in [2.75, 3.05) is 5.32 Å². The molecule has 2 amide bonds. The number of hydrogen-bond donors (Lipinski definition) is 2. The van der Waals surface area contributed by atoms with Crippen molar-refractivity contribution in [2.24, 2.45) is 0 Å². The molecule has 3 nitrogen and oxygen atoms in total. The second kappa shape index (κ2) is 6.39. The van der Waals surface area contributed by atoms with Crippen LogP contribution in [0.1, 0.15) is 13.3 Å². The number of benzene rings is 1. The molecule has 0 radical (unpaired) electrons. The fraction of sp³-hybridized carbons (Fsp3) is 0.250. The zero-order valence-corrected chi connectivity index (χ0v) is 10.8. The van der Waals surface area contributed by atoms with E-state index in [1.165, 1.54) is 0 Å². The predicted molar refractivity (Wildman–Crippen MR) is 71.5 cm³/mol. The highest BCUT2D eigenvalue weighted by Crippen LogP contribution is 2.22. The Hall–Kier alpha value is -1.37. The van der Waals surface area contributed by atoms with Gasteiger partial charge in [-0.15, -0.1) is 6.42 Å². The summed E-state index contributed by atoms with van der Waals surface area (Å²) in [5, 5.41) is 6.15. The fourth-order valence-electron chi connectivity index (χ4n) is 1.21. The van der Waals surface area contributed by atoms with Crippen molar-refractivity contribution in [3.8, 4) is 12.3 Å². The molecule has 0 saturated carbocycles. The van der Waals surface area contributed by atoms with Crippen LogP contribution in [0.5, 0.6) is 0 Å². The van der Waals surface area contributed by atoms with Crippen LogP contribution >= 0.6 is 23.2 Å². The van der Waals surface area contributed by atoms with Crippen LogP contribution in [-0.4, -0.2) is 12.1 Å². The molecule has 0 aliphatic rings. The molecule has 1 aromatic carbocycles. The summed E-state index contributed by atoms with van der Waals surface area (Å²) >= 11 is 11.6. The molecule has 0 fully saturated rings. The summed E-state index contributed by atoms with van der Waals surface area (Å²) in [5.74, 6) is 2.47. The number of carbonyl (C=O) groups is 1. The molecular weight excluding hydrogens is 259 g/mol. The van der Waals surface area contributed by atoms with Crippen LogP contribution in [0.2, 0.25) is 10.0 Å². The Bertz CT molecular complexity index is 434. The van der Waals surface area contributed by atoms with Gasteiger partial charge in [-0.25, -0.2) is 4.79 Å². The summed E-state index contributed by atoms with van der Waals surface area (Å²) in [4.78, 5) is 11.6. The SMILES string of the molecule is C#CC(CC)NC(=O)Nc1cc(Cl)cc(Cl)c1. The topological polar surface area (TPSA) is 41.1 Å². The lowest BCUT2D eigenvalue weighted by Gasteiger charge is -2.12. The van der Waals surface area contributed by atoms with Crippen LogP contribution in [-0.2, 0) is 0 Å². The highest BCUT2D eigenvalue weighted by atomic mass is 35.5. The molecule has 17 heavy (non-hydrogen) atoms. The van der Waals surface area contributed by atoms with E-state index in [1.807, 2.05) is 6.92 Å². The molecule has 2 N–H and O–H groups in total. The molecule has 1 rings (SSSR count). The van der Waals surface area contributed by atoms with Gasteiger partial charge in [-0.2, -0.15) is 0 Å². The summed E-state index contributed by atoms with van der Waals surface area (Å²) in [7, 11) is 0. The lowest BCUT2D eigenvalue weighted by atomic mass is 10.2. The van der Waals surface area contributed by atoms with Gasteiger partial charge in [0.1, 0.15) is 0 Å². The van der Waals surface area contributed by atoms with Crippen molar-refractivity contribution < 1.29 is 4.79 Å². The third-order valence-corrected chi connectivity index (χ3v) is 2.47. The van der Waals surface area contributed by atoms with Crippen LogP contribution in [0.3, 0.4) is 0 Å². The van der Waals surface area contributed by atoms with Gasteiger partial charge in [0.05, 0.1) is 6.04 Å². The molecule has 0 heterocycles. The van der Waals surface area contributed by atoms with Gasteiger partial charge >= 0.3 is 6.03 Å². The van der Waals surface area contributed by atoms with Gasteiger partial charge in [0.25, 0.3) is 0 Å². The molecule has 5 heteroatoms. The number of anilines is 1. The Morgan fingerprint density at radius 2 is 2.00 bits per heavy atom. The Kier molecular flexibility index (Phi) is 5.14. The van der Waals surface area contributed by atoms with Gasteiger partial charge in [0.2, 0.25) is 0 Å². The van der Waals surface area contributed by atoms with Crippen molar-refractivity contribution in [1.29, 1.82) is 0 Å². The highest BCUT2D eigenvalue weighted by Gasteiger charge is 2.08. The van der Waals surface area contributed by atoms with E-state index < -0.39 is 0 Å². The van der Waals surface area contributed by atoms with Crippen LogP contribution in [0.4, 0.5) is 10.5 Å². The summed E-state index contributed by atoms with van der Waals surface area (Å²) in [6.07, 6.45) is 5.91. The van der Waals surface area contributed by atoms with Crippen LogP contribution in [0.25, 0.3) is 0 Å². The third-order valence-electron chi connectivity index (χ3n) is 2.04. The average Bonchev–Trinajstić information content (AvgIpc) is 2.24. The zero-order valence-electron chi connectivity index (χ0n) is 9.26. The standard InChI is InChI=1S/C12H12Cl2N2O/c1-3-10(4-2)15-12(17)16-11-6-8(13)5-9(14)7-11/h1,5-7,10H,4H2,2H3,(H2,15,16,17). The maximum Gasteiger partial charge on any atom is 0.320 e. The molecule has 0 aliphatic heterocycles. The van der Waals surface area contributed by atoms with Gasteiger partial charge in [0, 0.05) is 15.7 Å². The van der Waals surface area contributed by atoms with Gasteiger partial charge < -0.3 is 10.6 Å². The van der Waals surface area contributed by atoms with Gasteiger partial charge in [-0.3, -0.25) is 0 Å². The van der Waals surface area contributed by atoms with Crippen molar-refractivity contribution in [3.05, 3.63) is 28.2 Å². The molecule has 90 valence electrons. The summed E-state index contributed by atoms with van der Waals surface area (Å²) in [5.41, 5.74) is 0.520. The van der Waals surface area contributed by atoms with Crippen molar-refractivity contribution in [1.82, 2.24) is 5.32 Å². The second-order valence-electron chi connectivity index (χ2n) is 3.38. The highest BCUT2D eigenvalue weighted by molar-refractivity contribution is 6.35. The van der Waals surface area contributed by atoms with Gasteiger partial charge in [0.15, 0.2) is 0 Å². The van der Waals surface area contributed by atoms with Crippen molar-refractivity contribution >= 4 is 34.9 Å². The van der Waals surface area contributed by atoms with E-state index in [2.05, 4.69) is 16.6 Å². The van der Waals surface area contributed by atoms with E-state index in [0.29, 0.717) is 22.2 Å². The minimum atomic E-state index is -0.381. The maximum atomic E-state index is 11.6. The fourth-order valence-corrected chi connectivity index (χ4v) is 1.74. The van der Waals surface area contributed by atoms with Gasteiger partial charge in [-0.05, 0) is 24.6 Å². The summed E-state index contributed by atoms with van der Waals surface area (Å²) in [6, 6.07) is 4.12. The average molecular weight is 271 g/mol. The minimum absolute atomic E-state index is 0.287. The second-order valence-corrected chi connectivity index (χ2v) is 4.26. The number of hydrogen-bond acceptors (Lipinski definition) is 1. The monoisotopic (exact) mass is 270 g/mol. The minimum Gasteiger partial charge on any atom is -0.324 e. The molecule has 0 saturated heterocycles. The normalized spacial score (nSPS) is 11.4. The number of nitrogens with one attached hydrogen (secondary N) is 2. The van der Waals surface area contributed by atoms with Gasteiger partial charge in [-0.1, -0.05) is 36.0 Å². The van der Waals surface area contributed by atoms with Crippen LogP contribution < -0.4 is 10.6 Å². The number of terminal acetylenes is 1. The summed E-state index contributed by atoms with van der Waals surface area (Å²) in [6.45, 7) is 1.89. The van der Waals surface area contributed by atoms with E-state index >= 15 is 0 Å². The number of rotatable bonds is 3. The van der Waals surface area contributed by atoms with E-state index in [9.17, 15) is 4.79 Å². The largest absolute Gasteiger partial charge is 0.324 e. The lowest BCUT2D eigenvalue weighted by molar-refractivity contribution is 0.250. The first kappa shape index (κ1) is 13.7. The van der Waals surface area contributed by atoms with E-state index in [1.54, 1.807) is 18.2 Å². The van der Waals surface area contributed by atoms with Crippen LogP contribution in [0.15, 0.2) is 18.2 Å². The molecule has 1 unspecified atom stereocenters. The lowest BCUT2D eigenvalue weighted by Crippen LogP contribution is -2.36. The first-order valence-electron chi connectivity index (χ1n) is 5.05. The predicted octanol–water partition coefficient (Wildman–Crippen LogP) is 3.53. The Morgan fingerprint density at radius 1 is 1.41 bits per heavy atom. The maximum absolute atomic E-state index is 11.6. The number of halogens is 2.